The van der Waals surface area contributed by atoms with Crippen LogP contribution >= 0.6 is 0 Å². The predicted octanol–water partition coefficient (Wildman–Crippen LogP) is 1.39. The molecule has 0 saturated carbocycles. The van der Waals surface area contributed by atoms with Crippen LogP contribution in [0, 0.1) is 0 Å². The normalized spacial score (nSPS) is 13.7. The minimum atomic E-state index is 0.270. The van der Waals surface area contributed by atoms with Gasteiger partial charge in [0.1, 0.15) is 0 Å². The van der Waals surface area contributed by atoms with E-state index in [1.165, 1.54) is 0 Å². The number of ether oxygens (including phenoxy) is 3. The van der Waals surface area contributed by atoms with E-state index in [0.717, 1.165) is 13.2 Å². The standard InChI is InChI=1S/C12H27NO3/c1-6-13(4)12(10-16-11(2)3)9-15-8-7-14-5/h11-12H,6-10H2,1-5H3. The van der Waals surface area contributed by atoms with Gasteiger partial charge in [-0.25, -0.2) is 0 Å². The van der Waals surface area contributed by atoms with Gasteiger partial charge in [0.2, 0.25) is 0 Å². The molecule has 0 rings (SSSR count). The molecule has 0 heterocycles. The van der Waals surface area contributed by atoms with Gasteiger partial charge in [0.15, 0.2) is 0 Å². The Morgan fingerprint density at radius 1 is 1.12 bits per heavy atom. The zero-order valence-electron chi connectivity index (χ0n) is 11.4. The summed E-state index contributed by atoms with van der Waals surface area (Å²) in [5, 5.41) is 0. The lowest BCUT2D eigenvalue weighted by Crippen LogP contribution is -2.40. The molecule has 16 heavy (non-hydrogen) atoms. The number of likely N-dealkylation sites (N-methyl/N-ethyl adjacent to an activating group) is 1. The summed E-state index contributed by atoms with van der Waals surface area (Å²) < 4.78 is 16.1. The molecule has 4 nitrogen and oxygen atoms in total. The van der Waals surface area contributed by atoms with Crippen LogP contribution in [0.3, 0.4) is 0 Å². The van der Waals surface area contributed by atoms with Crippen LogP contribution in [0.4, 0.5) is 0 Å². The third kappa shape index (κ3) is 8.05. The SMILES string of the molecule is CCN(C)C(COCCOC)COC(C)C. The van der Waals surface area contributed by atoms with Crippen molar-refractivity contribution in [3.63, 3.8) is 0 Å². The van der Waals surface area contributed by atoms with E-state index in [4.69, 9.17) is 14.2 Å². The van der Waals surface area contributed by atoms with Crippen LogP contribution in [0.5, 0.6) is 0 Å². The van der Waals surface area contributed by atoms with E-state index in [9.17, 15) is 0 Å². The average Bonchev–Trinajstić information content (AvgIpc) is 2.27. The number of rotatable bonds is 10. The molecule has 0 amide bonds. The molecule has 4 heteroatoms. The maximum Gasteiger partial charge on any atom is 0.0701 e. The molecule has 0 aromatic rings. The van der Waals surface area contributed by atoms with Crippen molar-refractivity contribution in [1.82, 2.24) is 4.90 Å². The largest absolute Gasteiger partial charge is 0.382 e. The highest BCUT2D eigenvalue weighted by molar-refractivity contribution is 4.67. The van der Waals surface area contributed by atoms with Crippen molar-refractivity contribution in [1.29, 1.82) is 0 Å². The van der Waals surface area contributed by atoms with E-state index >= 15 is 0 Å². The third-order valence-electron chi connectivity index (χ3n) is 2.49. The molecule has 0 N–H and O–H groups in total. The van der Waals surface area contributed by atoms with Crippen LogP contribution in [-0.4, -0.2) is 64.2 Å². The van der Waals surface area contributed by atoms with E-state index < -0.39 is 0 Å². The van der Waals surface area contributed by atoms with Gasteiger partial charge in [0.25, 0.3) is 0 Å². The van der Waals surface area contributed by atoms with Crippen molar-refractivity contribution >= 4 is 0 Å². The van der Waals surface area contributed by atoms with Gasteiger partial charge in [-0.2, -0.15) is 0 Å². The summed E-state index contributed by atoms with van der Waals surface area (Å²) in [6, 6.07) is 0.323. The Balaban J connectivity index is 3.81. The fourth-order valence-corrected chi connectivity index (χ4v) is 1.23. The molecule has 0 aromatic heterocycles. The van der Waals surface area contributed by atoms with Crippen LogP contribution in [0.25, 0.3) is 0 Å². The Hall–Kier alpha value is -0.160. The first-order valence-corrected chi connectivity index (χ1v) is 6.00. The predicted molar refractivity (Wildman–Crippen MR) is 65.9 cm³/mol. The molecule has 0 fully saturated rings. The monoisotopic (exact) mass is 233 g/mol. The van der Waals surface area contributed by atoms with E-state index in [1.54, 1.807) is 7.11 Å². The number of nitrogens with zero attached hydrogens (tertiary/aromatic N) is 1. The maximum absolute atomic E-state index is 5.63. The van der Waals surface area contributed by atoms with Crippen molar-refractivity contribution in [2.24, 2.45) is 0 Å². The van der Waals surface area contributed by atoms with E-state index in [-0.39, 0.29) is 6.10 Å². The van der Waals surface area contributed by atoms with Gasteiger partial charge in [0, 0.05) is 7.11 Å². The van der Waals surface area contributed by atoms with Gasteiger partial charge < -0.3 is 14.2 Å². The molecule has 1 unspecified atom stereocenters. The average molecular weight is 233 g/mol. The van der Waals surface area contributed by atoms with Crippen molar-refractivity contribution < 1.29 is 14.2 Å². The second-order valence-corrected chi connectivity index (χ2v) is 4.18. The molecule has 0 bridgehead atoms. The molecule has 0 saturated heterocycles. The topological polar surface area (TPSA) is 30.9 Å². The molecule has 1 atom stereocenters. The first kappa shape index (κ1) is 15.8. The van der Waals surface area contributed by atoms with Crippen molar-refractivity contribution in [2.45, 2.75) is 32.9 Å². The van der Waals surface area contributed by atoms with Crippen LogP contribution in [0.2, 0.25) is 0 Å². The van der Waals surface area contributed by atoms with Gasteiger partial charge in [-0.05, 0) is 27.4 Å². The summed E-state index contributed by atoms with van der Waals surface area (Å²) >= 11 is 0. The van der Waals surface area contributed by atoms with Gasteiger partial charge >= 0.3 is 0 Å². The molecule has 0 aromatic carbocycles. The van der Waals surface area contributed by atoms with Gasteiger partial charge in [-0.15, -0.1) is 0 Å². The minimum Gasteiger partial charge on any atom is -0.382 e. The summed E-state index contributed by atoms with van der Waals surface area (Å²) in [5.41, 5.74) is 0. The molecule has 0 aliphatic carbocycles. The Morgan fingerprint density at radius 2 is 1.81 bits per heavy atom. The Bertz CT molecular complexity index is 153. The van der Waals surface area contributed by atoms with Gasteiger partial charge in [-0.3, -0.25) is 4.90 Å². The Kier molecular flexibility index (Phi) is 9.92. The summed E-state index contributed by atoms with van der Waals surface area (Å²) in [7, 11) is 3.77. The van der Waals surface area contributed by atoms with Crippen molar-refractivity contribution in [3.8, 4) is 0 Å². The van der Waals surface area contributed by atoms with Crippen LogP contribution in [0.1, 0.15) is 20.8 Å². The zero-order chi connectivity index (χ0) is 12.4. The van der Waals surface area contributed by atoms with E-state index in [2.05, 4.69) is 32.7 Å². The van der Waals surface area contributed by atoms with Crippen molar-refractivity contribution in [3.05, 3.63) is 0 Å². The lowest BCUT2D eigenvalue weighted by atomic mass is 10.3. The molecule has 98 valence electrons. The quantitative estimate of drug-likeness (QED) is 0.534. The Morgan fingerprint density at radius 3 is 2.31 bits per heavy atom. The van der Waals surface area contributed by atoms with E-state index in [0.29, 0.717) is 25.9 Å². The molecular formula is C12H27NO3. The molecule has 0 radical (unpaired) electrons. The Labute approximate surface area is 99.9 Å². The first-order chi connectivity index (χ1) is 7.61. The molecule has 0 spiro atoms. The fraction of sp³-hybridized carbons (Fsp3) is 1.00. The fourth-order valence-electron chi connectivity index (χ4n) is 1.23. The van der Waals surface area contributed by atoms with Gasteiger partial charge in [0.05, 0.1) is 38.6 Å². The third-order valence-corrected chi connectivity index (χ3v) is 2.49. The second kappa shape index (κ2) is 10.0. The summed E-state index contributed by atoms with van der Waals surface area (Å²) in [6.07, 6.45) is 0.270. The summed E-state index contributed by atoms with van der Waals surface area (Å²) in [6.45, 7) is 9.94. The van der Waals surface area contributed by atoms with Crippen LogP contribution in [0.15, 0.2) is 0 Å². The zero-order valence-corrected chi connectivity index (χ0v) is 11.4. The summed E-state index contributed by atoms with van der Waals surface area (Å²) in [4.78, 5) is 2.25. The highest BCUT2D eigenvalue weighted by Gasteiger charge is 2.14. The molecule has 0 aliphatic rings. The molecular weight excluding hydrogens is 206 g/mol. The lowest BCUT2D eigenvalue weighted by Gasteiger charge is -2.27. The smallest absolute Gasteiger partial charge is 0.0701 e. The lowest BCUT2D eigenvalue weighted by molar-refractivity contribution is -0.0142. The summed E-state index contributed by atoms with van der Waals surface area (Å²) in [5.74, 6) is 0. The van der Waals surface area contributed by atoms with Gasteiger partial charge in [-0.1, -0.05) is 6.92 Å². The first-order valence-electron chi connectivity index (χ1n) is 6.00. The van der Waals surface area contributed by atoms with E-state index in [1.807, 2.05) is 0 Å². The minimum absolute atomic E-state index is 0.270. The second-order valence-electron chi connectivity index (χ2n) is 4.18. The van der Waals surface area contributed by atoms with Crippen LogP contribution in [-0.2, 0) is 14.2 Å². The number of hydrogen-bond donors (Lipinski definition) is 0. The number of hydrogen-bond acceptors (Lipinski definition) is 4. The van der Waals surface area contributed by atoms with Crippen LogP contribution < -0.4 is 0 Å². The highest BCUT2D eigenvalue weighted by Crippen LogP contribution is 2.01. The maximum atomic E-state index is 5.63. The molecule has 0 aliphatic heterocycles. The number of methoxy groups -OCH3 is 1. The highest BCUT2D eigenvalue weighted by atomic mass is 16.5. The van der Waals surface area contributed by atoms with Crippen molar-refractivity contribution in [2.75, 3.05) is 47.1 Å².